The lowest BCUT2D eigenvalue weighted by Gasteiger charge is -2.12. The fourth-order valence-corrected chi connectivity index (χ4v) is 2.70. The highest BCUT2D eigenvalue weighted by Crippen LogP contribution is 2.27. The first-order valence-corrected chi connectivity index (χ1v) is 8.27. The standard InChI is InChI=1S/C12H17N5O2S2/c1-5-8-14-17-11(19-8)20-6-7(18)13-10-16-15-9(21-10)12(2,3)4/h5-6H2,1-4H3,(H,13,16,18). The van der Waals surface area contributed by atoms with Crippen molar-refractivity contribution < 1.29 is 9.21 Å². The third kappa shape index (κ3) is 4.50. The number of hydrogen-bond acceptors (Lipinski definition) is 8. The van der Waals surface area contributed by atoms with Gasteiger partial charge in [0.1, 0.15) is 5.01 Å². The molecule has 0 saturated heterocycles. The molecule has 0 aromatic carbocycles. The van der Waals surface area contributed by atoms with Crippen LogP contribution in [0.3, 0.4) is 0 Å². The summed E-state index contributed by atoms with van der Waals surface area (Å²) >= 11 is 2.58. The summed E-state index contributed by atoms with van der Waals surface area (Å²) in [4.78, 5) is 11.8. The minimum Gasteiger partial charge on any atom is -0.416 e. The molecule has 7 nitrogen and oxygen atoms in total. The zero-order chi connectivity index (χ0) is 15.5. The van der Waals surface area contributed by atoms with Crippen LogP contribution in [0.25, 0.3) is 0 Å². The van der Waals surface area contributed by atoms with E-state index in [1.165, 1.54) is 23.1 Å². The molecule has 0 aliphatic carbocycles. The van der Waals surface area contributed by atoms with Gasteiger partial charge in [-0.25, -0.2) is 0 Å². The highest BCUT2D eigenvalue weighted by molar-refractivity contribution is 7.99. The number of nitrogens with zero attached hydrogens (tertiary/aromatic N) is 4. The number of anilines is 1. The van der Waals surface area contributed by atoms with Crippen molar-refractivity contribution in [3.8, 4) is 0 Å². The van der Waals surface area contributed by atoms with Crippen LogP contribution in [0.1, 0.15) is 38.6 Å². The second-order valence-corrected chi connectivity index (χ2v) is 7.22. The molecule has 0 radical (unpaired) electrons. The van der Waals surface area contributed by atoms with Gasteiger partial charge in [-0.15, -0.1) is 20.4 Å². The molecule has 21 heavy (non-hydrogen) atoms. The number of carbonyl (C=O) groups is 1. The summed E-state index contributed by atoms with van der Waals surface area (Å²) in [5.41, 5.74) is -0.0737. The highest BCUT2D eigenvalue weighted by atomic mass is 32.2. The lowest BCUT2D eigenvalue weighted by atomic mass is 9.98. The summed E-state index contributed by atoms with van der Waals surface area (Å²) in [5.74, 6) is 0.584. The average molecular weight is 327 g/mol. The molecule has 0 atom stereocenters. The van der Waals surface area contributed by atoms with Gasteiger partial charge in [-0.2, -0.15) is 0 Å². The van der Waals surface area contributed by atoms with Crippen LogP contribution in [0.2, 0.25) is 0 Å². The van der Waals surface area contributed by atoms with Gasteiger partial charge in [0.05, 0.1) is 5.75 Å². The normalized spacial score (nSPS) is 11.6. The predicted molar refractivity (Wildman–Crippen MR) is 81.6 cm³/mol. The molecule has 0 aliphatic heterocycles. The zero-order valence-corrected chi connectivity index (χ0v) is 14.0. The Labute approximate surface area is 130 Å². The lowest BCUT2D eigenvalue weighted by Crippen LogP contribution is -2.13. The molecular weight excluding hydrogens is 310 g/mol. The van der Waals surface area contributed by atoms with Crippen molar-refractivity contribution >= 4 is 34.1 Å². The Morgan fingerprint density at radius 1 is 1.29 bits per heavy atom. The Bertz CT molecular complexity index is 617. The number of nitrogens with one attached hydrogen (secondary N) is 1. The Morgan fingerprint density at radius 3 is 2.62 bits per heavy atom. The predicted octanol–water partition coefficient (Wildman–Crippen LogP) is 2.51. The van der Waals surface area contributed by atoms with Gasteiger partial charge in [0.25, 0.3) is 5.22 Å². The summed E-state index contributed by atoms with van der Waals surface area (Å²) in [5, 5.41) is 20.2. The summed E-state index contributed by atoms with van der Waals surface area (Å²) in [6.45, 7) is 8.08. The SMILES string of the molecule is CCc1nnc(SCC(=O)Nc2nnc(C(C)(C)C)s2)o1. The first kappa shape index (κ1) is 15.9. The molecule has 0 fully saturated rings. The minimum atomic E-state index is -0.173. The summed E-state index contributed by atoms with van der Waals surface area (Å²) in [6, 6.07) is 0. The van der Waals surface area contributed by atoms with Gasteiger partial charge < -0.3 is 4.42 Å². The molecular formula is C12H17N5O2S2. The molecule has 2 aromatic rings. The van der Waals surface area contributed by atoms with Crippen LogP contribution in [0, 0.1) is 0 Å². The van der Waals surface area contributed by atoms with Gasteiger partial charge in [-0.1, -0.05) is 50.8 Å². The third-order valence-electron chi connectivity index (χ3n) is 2.39. The van der Waals surface area contributed by atoms with Crippen molar-refractivity contribution in [1.29, 1.82) is 0 Å². The van der Waals surface area contributed by atoms with E-state index in [1.54, 1.807) is 0 Å². The van der Waals surface area contributed by atoms with Gasteiger partial charge in [0.2, 0.25) is 16.9 Å². The molecule has 0 saturated carbocycles. The highest BCUT2D eigenvalue weighted by Gasteiger charge is 2.20. The molecule has 0 bridgehead atoms. The van der Waals surface area contributed by atoms with Gasteiger partial charge >= 0.3 is 0 Å². The first-order chi connectivity index (χ1) is 9.88. The molecule has 2 rings (SSSR count). The van der Waals surface area contributed by atoms with Crippen LogP contribution >= 0.6 is 23.1 Å². The third-order valence-corrected chi connectivity index (χ3v) is 4.47. The van der Waals surface area contributed by atoms with E-state index >= 15 is 0 Å². The second-order valence-electron chi connectivity index (χ2n) is 5.31. The number of thioether (sulfide) groups is 1. The van der Waals surface area contributed by atoms with Gasteiger partial charge in [0.15, 0.2) is 0 Å². The van der Waals surface area contributed by atoms with Crippen molar-refractivity contribution in [2.75, 3.05) is 11.1 Å². The Kier molecular flexibility index (Phi) is 4.94. The molecule has 2 aromatic heterocycles. The number of carbonyl (C=O) groups excluding carboxylic acids is 1. The van der Waals surface area contributed by atoms with Gasteiger partial charge in [0, 0.05) is 11.8 Å². The van der Waals surface area contributed by atoms with Crippen molar-refractivity contribution in [3.63, 3.8) is 0 Å². The molecule has 2 heterocycles. The number of aryl methyl sites for hydroxylation is 1. The van der Waals surface area contributed by atoms with Gasteiger partial charge in [-0.05, 0) is 0 Å². The number of aromatic nitrogens is 4. The van der Waals surface area contributed by atoms with Crippen molar-refractivity contribution in [2.24, 2.45) is 0 Å². The Hall–Kier alpha value is -1.48. The van der Waals surface area contributed by atoms with E-state index in [4.69, 9.17) is 4.42 Å². The maximum Gasteiger partial charge on any atom is 0.277 e. The lowest BCUT2D eigenvalue weighted by molar-refractivity contribution is -0.113. The van der Waals surface area contributed by atoms with Gasteiger partial charge in [-0.3, -0.25) is 10.1 Å². The zero-order valence-electron chi connectivity index (χ0n) is 12.3. The topological polar surface area (TPSA) is 93.8 Å². The van der Waals surface area contributed by atoms with Crippen LogP contribution < -0.4 is 5.32 Å². The number of hydrogen-bond donors (Lipinski definition) is 1. The smallest absolute Gasteiger partial charge is 0.277 e. The molecule has 1 amide bonds. The maximum atomic E-state index is 11.8. The van der Waals surface area contributed by atoms with E-state index in [1.807, 2.05) is 6.92 Å². The average Bonchev–Trinajstić information content (AvgIpc) is 3.04. The molecule has 0 spiro atoms. The Morgan fingerprint density at radius 2 is 2.05 bits per heavy atom. The van der Waals surface area contributed by atoms with Crippen molar-refractivity contribution in [3.05, 3.63) is 10.9 Å². The summed E-state index contributed by atoms with van der Waals surface area (Å²) in [7, 11) is 0. The van der Waals surface area contributed by atoms with E-state index in [9.17, 15) is 4.79 Å². The van der Waals surface area contributed by atoms with Crippen molar-refractivity contribution in [2.45, 2.75) is 44.8 Å². The summed E-state index contributed by atoms with van der Waals surface area (Å²) < 4.78 is 5.32. The van der Waals surface area contributed by atoms with Crippen LogP contribution in [-0.4, -0.2) is 32.1 Å². The number of rotatable bonds is 5. The Balaban J connectivity index is 1.85. The fourth-order valence-electron chi connectivity index (χ4n) is 1.30. The number of amides is 1. The molecule has 114 valence electrons. The van der Waals surface area contributed by atoms with E-state index in [2.05, 4.69) is 46.5 Å². The van der Waals surface area contributed by atoms with Crippen LogP contribution in [0.15, 0.2) is 9.64 Å². The van der Waals surface area contributed by atoms with E-state index in [0.29, 0.717) is 22.7 Å². The maximum absolute atomic E-state index is 11.8. The van der Waals surface area contributed by atoms with E-state index in [0.717, 1.165) is 5.01 Å². The second kappa shape index (κ2) is 6.52. The monoisotopic (exact) mass is 327 g/mol. The van der Waals surface area contributed by atoms with Crippen LogP contribution in [0.5, 0.6) is 0 Å². The van der Waals surface area contributed by atoms with Crippen LogP contribution in [0.4, 0.5) is 5.13 Å². The van der Waals surface area contributed by atoms with Crippen LogP contribution in [-0.2, 0) is 16.6 Å². The summed E-state index contributed by atoms with van der Waals surface area (Å²) in [6.07, 6.45) is 0.681. The molecule has 0 aliphatic rings. The van der Waals surface area contributed by atoms with E-state index in [-0.39, 0.29) is 17.1 Å². The minimum absolute atomic E-state index is 0.0737. The largest absolute Gasteiger partial charge is 0.416 e. The molecule has 0 unspecified atom stereocenters. The molecule has 1 N–H and O–H groups in total. The van der Waals surface area contributed by atoms with Crippen molar-refractivity contribution in [1.82, 2.24) is 20.4 Å². The molecule has 9 heteroatoms. The first-order valence-electron chi connectivity index (χ1n) is 6.47. The quantitative estimate of drug-likeness (QED) is 0.843. The van der Waals surface area contributed by atoms with E-state index < -0.39 is 0 Å². The fraction of sp³-hybridized carbons (Fsp3) is 0.583.